The van der Waals surface area contributed by atoms with Crippen LogP contribution < -0.4 is 4.74 Å². The zero-order chi connectivity index (χ0) is 17.3. The minimum Gasteiger partial charge on any atom is -0.497 e. The van der Waals surface area contributed by atoms with Crippen LogP contribution in [-0.4, -0.2) is 47.1 Å². The van der Waals surface area contributed by atoms with E-state index in [4.69, 9.17) is 4.74 Å². The van der Waals surface area contributed by atoms with E-state index in [1.165, 1.54) is 0 Å². The standard InChI is InChI=1S/C18H22N2O4/c1-11-10-20(6-5-14(11)18(22)23)17(21)7-12-9-19-16-4-3-13(24-2)8-15(12)16/h3-4,8-9,11,14,19H,5-7,10H2,1-2H3,(H,22,23). The fraction of sp³-hybridized carbons (Fsp3) is 0.444. The number of fused-ring (bicyclic) bond motifs is 1. The third kappa shape index (κ3) is 3.09. The number of benzene rings is 1. The van der Waals surface area contributed by atoms with Crippen molar-refractivity contribution < 1.29 is 19.4 Å². The normalized spacial score (nSPS) is 21.0. The van der Waals surface area contributed by atoms with Crippen molar-refractivity contribution in [2.24, 2.45) is 11.8 Å². The predicted octanol–water partition coefficient (Wildman–Crippen LogP) is 2.29. The number of aromatic nitrogens is 1. The molecule has 0 spiro atoms. The highest BCUT2D eigenvalue weighted by Gasteiger charge is 2.33. The number of H-pyrrole nitrogens is 1. The molecule has 2 atom stereocenters. The summed E-state index contributed by atoms with van der Waals surface area (Å²) < 4.78 is 5.25. The maximum atomic E-state index is 12.6. The summed E-state index contributed by atoms with van der Waals surface area (Å²) in [6.45, 7) is 2.90. The van der Waals surface area contributed by atoms with Gasteiger partial charge in [-0.05, 0) is 36.1 Å². The number of carboxylic acids is 1. The lowest BCUT2D eigenvalue weighted by atomic mass is 9.87. The Hall–Kier alpha value is -2.50. The van der Waals surface area contributed by atoms with E-state index in [0.717, 1.165) is 22.2 Å². The summed E-state index contributed by atoms with van der Waals surface area (Å²) in [6.07, 6.45) is 2.68. The van der Waals surface area contributed by atoms with Crippen molar-refractivity contribution >= 4 is 22.8 Å². The number of aromatic amines is 1. The zero-order valence-electron chi connectivity index (χ0n) is 13.9. The van der Waals surface area contributed by atoms with Gasteiger partial charge in [-0.25, -0.2) is 0 Å². The van der Waals surface area contributed by atoms with Gasteiger partial charge < -0.3 is 19.7 Å². The van der Waals surface area contributed by atoms with Crippen molar-refractivity contribution in [2.45, 2.75) is 19.8 Å². The molecule has 1 saturated heterocycles. The van der Waals surface area contributed by atoms with Gasteiger partial charge in [-0.1, -0.05) is 6.92 Å². The molecule has 1 fully saturated rings. The third-order valence-corrected chi connectivity index (χ3v) is 4.89. The molecule has 128 valence electrons. The van der Waals surface area contributed by atoms with Crippen molar-refractivity contribution in [1.82, 2.24) is 9.88 Å². The summed E-state index contributed by atoms with van der Waals surface area (Å²) in [6, 6.07) is 5.74. The second kappa shape index (κ2) is 6.55. The Morgan fingerprint density at radius 2 is 2.21 bits per heavy atom. The Bertz CT molecular complexity index is 767. The molecule has 0 aliphatic carbocycles. The van der Waals surface area contributed by atoms with E-state index in [-0.39, 0.29) is 17.7 Å². The number of carbonyl (C=O) groups is 2. The van der Waals surface area contributed by atoms with Crippen LogP contribution in [-0.2, 0) is 16.0 Å². The third-order valence-electron chi connectivity index (χ3n) is 4.89. The fourth-order valence-corrected chi connectivity index (χ4v) is 3.44. The van der Waals surface area contributed by atoms with Crippen molar-refractivity contribution in [2.75, 3.05) is 20.2 Å². The first kappa shape index (κ1) is 16.4. The van der Waals surface area contributed by atoms with Crippen LogP contribution >= 0.6 is 0 Å². The van der Waals surface area contributed by atoms with Gasteiger partial charge in [-0.2, -0.15) is 0 Å². The summed E-state index contributed by atoms with van der Waals surface area (Å²) in [7, 11) is 1.62. The van der Waals surface area contributed by atoms with Crippen molar-refractivity contribution in [3.05, 3.63) is 30.0 Å². The summed E-state index contributed by atoms with van der Waals surface area (Å²) in [5, 5.41) is 10.2. The van der Waals surface area contributed by atoms with Gasteiger partial charge in [0.05, 0.1) is 19.4 Å². The molecule has 6 heteroatoms. The molecule has 0 bridgehead atoms. The van der Waals surface area contributed by atoms with E-state index in [9.17, 15) is 14.7 Å². The molecule has 6 nitrogen and oxygen atoms in total. The van der Waals surface area contributed by atoms with E-state index in [1.807, 2.05) is 31.3 Å². The van der Waals surface area contributed by atoms with E-state index in [1.54, 1.807) is 12.0 Å². The van der Waals surface area contributed by atoms with Gasteiger partial charge in [0, 0.05) is 30.2 Å². The van der Waals surface area contributed by atoms with Gasteiger partial charge in [0.1, 0.15) is 5.75 Å². The Balaban J connectivity index is 1.72. The van der Waals surface area contributed by atoms with Crippen LogP contribution in [0.25, 0.3) is 10.9 Å². The molecule has 24 heavy (non-hydrogen) atoms. The van der Waals surface area contributed by atoms with Gasteiger partial charge in [0.25, 0.3) is 0 Å². The monoisotopic (exact) mass is 330 g/mol. The SMILES string of the molecule is COc1ccc2[nH]cc(CC(=O)N3CCC(C(=O)O)C(C)C3)c2c1. The first-order valence-corrected chi connectivity index (χ1v) is 8.14. The number of nitrogens with zero attached hydrogens (tertiary/aromatic N) is 1. The van der Waals surface area contributed by atoms with Gasteiger partial charge in [0.2, 0.25) is 5.91 Å². The molecule has 1 aliphatic heterocycles. The molecule has 1 aliphatic rings. The largest absolute Gasteiger partial charge is 0.497 e. The number of hydrogen-bond acceptors (Lipinski definition) is 3. The summed E-state index contributed by atoms with van der Waals surface area (Å²) in [5.41, 5.74) is 1.90. The number of ether oxygens (including phenoxy) is 1. The Morgan fingerprint density at radius 3 is 2.88 bits per heavy atom. The summed E-state index contributed by atoms with van der Waals surface area (Å²) >= 11 is 0. The van der Waals surface area contributed by atoms with Gasteiger partial charge in [0.15, 0.2) is 0 Å². The number of nitrogens with one attached hydrogen (secondary N) is 1. The lowest BCUT2D eigenvalue weighted by Crippen LogP contribution is -2.45. The smallest absolute Gasteiger partial charge is 0.306 e. The van der Waals surface area contributed by atoms with E-state index in [0.29, 0.717) is 25.9 Å². The molecule has 1 aromatic carbocycles. The second-order valence-corrected chi connectivity index (χ2v) is 6.45. The molecule has 3 rings (SSSR count). The van der Waals surface area contributed by atoms with Crippen molar-refractivity contribution in [1.29, 1.82) is 0 Å². The molecule has 2 N–H and O–H groups in total. The van der Waals surface area contributed by atoms with E-state index >= 15 is 0 Å². The Labute approximate surface area is 140 Å². The minimum absolute atomic E-state index is 0.0248. The topological polar surface area (TPSA) is 82.6 Å². The van der Waals surface area contributed by atoms with Gasteiger partial charge in [-0.3, -0.25) is 9.59 Å². The lowest BCUT2D eigenvalue weighted by molar-refractivity contribution is -0.148. The van der Waals surface area contributed by atoms with E-state index in [2.05, 4.69) is 4.98 Å². The number of hydrogen-bond donors (Lipinski definition) is 2. The van der Waals surface area contributed by atoms with Crippen molar-refractivity contribution in [3.8, 4) is 5.75 Å². The number of aliphatic carboxylic acids is 1. The van der Waals surface area contributed by atoms with Crippen LogP contribution in [0.5, 0.6) is 5.75 Å². The van der Waals surface area contributed by atoms with Crippen LogP contribution in [0.3, 0.4) is 0 Å². The average molecular weight is 330 g/mol. The maximum absolute atomic E-state index is 12.6. The second-order valence-electron chi connectivity index (χ2n) is 6.45. The quantitative estimate of drug-likeness (QED) is 0.901. The molecular formula is C18H22N2O4. The van der Waals surface area contributed by atoms with Crippen LogP contribution in [0, 0.1) is 11.8 Å². The Morgan fingerprint density at radius 1 is 1.42 bits per heavy atom. The number of likely N-dealkylation sites (tertiary alicyclic amines) is 1. The predicted molar refractivity (Wildman–Crippen MR) is 90.0 cm³/mol. The summed E-state index contributed by atoms with van der Waals surface area (Å²) in [5.74, 6) is -0.353. The molecule has 2 aromatic rings. The van der Waals surface area contributed by atoms with Gasteiger partial charge in [-0.15, -0.1) is 0 Å². The van der Waals surface area contributed by atoms with Crippen LogP contribution in [0.15, 0.2) is 24.4 Å². The number of carbonyl (C=O) groups excluding carboxylic acids is 1. The molecule has 0 saturated carbocycles. The molecular weight excluding hydrogens is 308 g/mol. The average Bonchev–Trinajstić information content (AvgIpc) is 2.96. The van der Waals surface area contributed by atoms with Gasteiger partial charge >= 0.3 is 5.97 Å². The van der Waals surface area contributed by atoms with Crippen LogP contribution in [0.4, 0.5) is 0 Å². The first-order valence-electron chi connectivity index (χ1n) is 8.14. The summed E-state index contributed by atoms with van der Waals surface area (Å²) in [4.78, 5) is 28.8. The zero-order valence-corrected chi connectivity index (χ0v) is 13.9. The number of rotatable bonds is 4. The van der Waals surface area contributed by atoms with Crippen molar-refractivity contribution in [3.63, 3.8) is 0 Å². The highest BCUT2D eigenvalue weighted by Crippen LogP contribution is 2.26. The molecule has 1 aromatic heterocycles. The highest BCUT2D eigenvalue weighted by molar-refractivity contribution is 5.89. The highest BCUT2D eigenvalue weighted by atomic mass is 16.5. The molecule has 1 amide bonds. The Kier molecular flexibility index (Phi) is 4.46. The molecule has 0 radical (unpaired) electrons. The number of methoxy groups -OCH3 is 1. The number of amides is 1. The van der Waals surface area contributed by atoms with Crippen LogP contribution in [0.2, 0.25) is 0 Å². The van der Waals surface area contributed by atoms with E-state index < -0.39 is 5.97 Å². The fourth-order valence-electron chi connectivity index (χ4n) is 3.44. The van der Waals surface area contributed by atoms with Crippen LogP contribution in [0.1, 0.15) is 18.9 Å². The number of piperidine rings is 1. The molecule has 2 unspecified atom stereocenters. The lowest BCUT2D eigenvalue weighted by Gasteiger charge is -2.35. The first-order chi connectivity index (χ1) is 11.5. The molecule has 2 heterocycles. The minimum atomic E-state index is -0.765. The number of carboxylic acid groups (broad SMARTS) is 1. The maximum Gasteiger partial charge on any atom is 0.306 e.